The molecule has 0 fully saturated rings. The van der Waals surface area contributed by atoms with Crippen molar-refractivity contribution >= 4 is 16.8 Å². The van der Waals surface area contributed by atoms with Crippen molar-refractivity contribution in [2.75, 3.05) is 5.43 Å². The largest absolute Gasteiger partial charge is 0.418 e. The Morgan fingerprint density at radius 3 is 2.44 bits per heavy atom. The highest BCUT2D eigenvalue weighted by Crippen LogP contribution is 2.32. The first-order chi connectivity index (χ1) is 12.7. The molecule has 5 nitrogen and oxygen atoms in total. The first-order valence-corrected chi connectivity index (χ1v) is 7.80. The van der Waals surface area contributed by atoms with Crippen LogP contribution in [0.25, 0.3) is 10.9 Å². The zero-order chi connectivity index (χ0) is 19.8. The summed E-state index contributed by atoms with van der Waals surface area (Å²) in [5.41, 5.74) is 0.505. The standard InChI is InChI=1S/C18H13F4N3O2/c1-10-23-16-13(3-2-4-14(16)18(20,21)22)17(27)25(10)24-15(26)9-11-5-7-12(19)8-6-11/h2-8H,9H2,1H3,(H,24,26). The number of para-hydroxylation sites is 1. The summed E-state index contributed by atoms with van der Waals surface area (Å²) in [7, 11) is 0. The molecular weight excluding hydrogens is 366 g/mol. The van der Waals surface area contributed by atoms with Crippen molar-refractivity contribution in [3.05, 3.63) is 75.6 Å². The normalized spacial score (nSPS) is 11.6. The summed E-state index contributed by atoms with van der Waals surface area (Å²) in [4.78, 5) is 28.6. The zero-order valence-electron chi connectivity index (χ0n) is 14.0. The maximum atomic E-state index is 13.1. The minimum atomic E-state index is -4.66. The molecule has 0 unspecified atom stereocenters. The Bertz CT molecular complexity index is 1070. The minimum Gasteiger partial charge on any atom is -0.273 e. The van der Waals surface area contributed by atoms with Crippen LogP contribution in [0.3, 0.4) is 0 Å². The van der Waals surface area contributed by atoms with Crippen LogP contribution < -0.4 is 11.0 Å². The molecule has 1 aromatic heterocycles. The van der Waals surface area contributed by atoms with E-state index in [0.29, 0.717) is 5.56 Å². The molecule has 3 rings (SSSR count). The Morgan fingerprint density at radius 1 is 1.15 bits per heavy atom. The second-order valence-corrected chi connectivity index (χ2v) is 5.84. The van der Waals surface area contributed by atoms with Gasteiger partial charge >= 0.3 is 6.18 Å². The van der Waals surface area contributed by atoms with E-state index in [-0.39, 0.29) is 17.6 Å². The summed E-state index contributed by atoms with van der Waals surface area (Å²) in [6.07, 6.45) is -4.81. The summed E-state index contributed by atoms with van der Waals surface area (Å²) in [5.74, 6) is -1.15. The van der Waals surface area contributed by atoms with Gasteiger partial charge in [0.1, 0.15) is 11.6 Å². The fourth-order valence-electron chi connectivity index (χ4n) is 2.63. The van der Waals surface area contributed by atoms with Crippen molar-refractivity contribution in [3.8, 4) is 0 Å². The molecule has 0 saturated heterocycles. The minimum absolute atomic E-state index is 0.100. The van der Waals surface area contributed by atoms with Gasteiger partial charge in [-0.15, -0.1) is 0 Å². The average molecular weight is 379 g/mol. The number of nitrogens with zero attached hydrogens (tertiary/aromatic N) is 2. The number of amides is 1. The molecule has 9 heteroatoms. The number of hydrogen-bond acceptors (Lipinski definition) is 3. The lowest BCUT2D eigenvalue weighted by molar-refractivity contribution is -0.136. The van der Waals surface area contributed by atoms with Crippen LogP contribution in [-0.2, 0) is 17.4 Å². The first-order valence-electron chi connectivity index (χ1n) is 7.80. The Labute approximate surface area is 150 Å². The van der Waals surface area contributed by atoms with Crippen LogP contribution in [0.1, 0.15) is 17.0 Å². The van der Waals surface area contributed by atoms with Gasteiger partial charge in [-0.2, -0.15) is 13.2 Å². The number of aromatic nitrogens is 2. The number of carbonyl (C=O) groups excluding carboxylic acids is 1. The predicted molar refractivity (Wildman–Crippen MR) is 90.2 cm³/mol. The summed E-state index contributed by atoms with van der Waals surface area (Å²) >= 11 is 0. The van der Waals surface area contributed by atoms with Gasteiger partial charge in [0.2, 0.25) is 5.91 Å². The SMILES string of the molecule is Cc1nc2c(C(F)(F)F)cccc2c(=O)n1NC(=O)Cc1ccc(F)cc1. The molecule has 140 valence electrons. The number of halogens is 4. The van der Waals surface area contributed by atoms with E-state index in [9.17, 15) is 27.2 Å². The molecule has 0 atom stereocenters. The smallest absolute Gasteiger partial charge is 0.273 e. The number of rotatable bonds is 3. The highest BCUT2D eigenvalue weighted by molar-refractivity contribution is 5.87. The van der Waals surface area contributed by atoms with E-state index >= 15 is 0 Å². The number of aryl methyl sites for hydroxylation is 1. The summed E-state index contributed by atoms with van der Waals surface area (Å²) in [5, 5.41) is -0.266. The van der Waals surface area contributed by atoms with Crippen LogP contribution in [0.2, 0.25) is 0 Å². The molecule has 2 aromatic carbocycles. The van der Waals surface area contributed by atoms with E-state index < -0.39 is 34.5 Å². The van der Waals surface area contributed by atoms with Gasteiger partial charge in [0.05, 0.1) is 22.9 Å². The van der Waals surface area contributed by atoms with Crippen LogP contribution in [0.4, 0.5) is 17.6 Å². The van der Waals surface area contributed by atoms with Crippen molar-refractivity contribution in [1.29, 1.82) is 0 Å². The highest BCUT2D eigenvalue weighted by Gasteiger charge is 2.33. The van der Waals surface area contributed by atoms with Gasteiger partial charge in [-0.3, -0.25) is 15.0 Å². The second kappa shape index (κ2) is 6.82. The molecule has 1 N–H and O–H groups in total. The van der Waals surface area contributed by atoms with Gasteiger partial charge < -0.3 is 0 Å². The molecule has 0 saturated carbocycles. The van der Waals surface area contributed by atoms with Crippen molar-refractivity contribution in [3.63, 3.8) is 0 Å². The van der Waals surface area contributed by atoms with Gasteiger partial charge in [0.15, 0.2) is 0 Å². The molecule has 0 spiro atoms. The number of fused-ring (bicyclic) bond motifs is 1. The molecule has 0 aliphatic heterocycles. The molecule has 0 aliphatic carbocycles. The third-order valence-electron chi connectivity index (χ3n) is 3.89. The van der Waals surface area contributed by atoms with Crippen molar-refractivity contribution in [1.82, 2.24) is 9.66 Å². The van der Waals surface area contributed by atoms with Crippen LogP contribution in [0.15, 0.2) is 47.3 Å². The van der Waals surface area contributed by atoms with Gasteiger partial charge in [0, 0.05) is 0 Å². The number of nitrogens with one attached hydrogen (secondary N) is 1. The lowest BCUT2D eigenvalue weighted by Crippen LogP contribution is -2.36. The topological polar surface area (TPSA) is 64.0 Å². The Balaban J connectivity index is 1.97. The van der Waals surface area contributed by atoms with E-state index in [1.165, 1.54) is 37.3 Å². The van der Waals surface area contributed by atoms with E-state index in [0.717, 1.165) is 16.8 Å². The van der Waals surface area contributed by atoms with Crippen molar-refractivity contribution < 1.29 is 22.4 Å². The first kappa shape index (κ1) is 18.6. The summed E-state index contributed by atoms with van der Waals surface area (Å²) in [6, 6.07) is 8.37. The average Bonchev–Trinajstić information content (AvgIpc) is 2.59. The fourth-order valence-corrected chi connectivity index (χ4v) is 2.63. The number of benzene rings is 2. The van der Waals surface area contributed by atoms with E-state index in [2.05, 4.69) is 10.4 Å². The van der Waals surface area contributed by atoms with Gasteiger partial charge in [-0.05, 0) is 36.8 Å². The molecule has 3 aromatic rings. The van der Waals surface area contributed by atoms with Gasteiger partial charge in [-0.25, -0.2) is 14.1 Å². The lowest BCUT2D eigenvalue weighted by Gasteiger charge is -2.14. The van der Waals surface area contributed by atoms with Crippen LogP contribution in [-0.4, -0.2) is 15.6 Å². The number of hydrogen-bond donors (Lipinski definition) is 1. The number of alkyl halides is 3. The molecular formula is C18H13F4N3O2. The molecule has 27 heavy (non-hydrogen) atoms. The highest BCUT2D eigenvalue weighted by atomic mass is 19.4. The van der Waals surface area contributed by atoms with E-state index in [4.69, 9.17) is 0 Å². The maximum Gasteiger partial charge on any atom is 0.418 e. The zero-order valence-corrected chi connectivity index (χ0v) is 14.0. The predicted octanol–water partition coefficient (Wildman–Crippen LogP) is 3.18. The van der Waals surface area contributed by atoms with Crippen LogP contribution in [0, 0.1) is 12.7 Å². The summed E-state index contributed by atoms with van der Waals surface area (Å²) < 4.78 is 53.1. The van der Waals surface area contributed by atoms with Crippen molar-refractivity contribution in [2.45, 2.75) is 19.5 Å². The van der Waals surface area contributed by atoms with Gasteiger partial charge in [0.25, 0.3) is 5.56 Å². The van der Waals surface area contributed by atoms with Gasteiger partial charge in [-0.1, -0.05) is 18.2 Å². The molecule has 0 bridgehead atoms. The third-order valence-corrected chi connectivity index (χ3v) is 3.89. The molecule has 0 radical (unpaired) electrons. The fraction of sp³-hybridized carbons (Fsp3) is 0.167. The molecule has 1 heterocycles. The Kier molecular flexibility index (Phi) is 4.69. The monoisotopic (exact) mass is 379 g/mol. The summed E-state index contributed by atoms with van der Waals surface area (Å²) in [6.45, 7) is 1.31. The van der Waals surface area contributed by atoms with Crippen molar-refractivity contribution in [2.24, 2.45) is 0 Å². The van der Waals surface area contributed by atoms with E-state index in [1.54, 1.807) is 0 Å². The third kappa shape index (κ3) is 3.81. The number of carbonyl (C=O) groups is 1. The Morgan fingerprint density at radius 2 is 1.81 bits per heavy atom. The molecule has 1 amide bonds. The molecule has 0 aliphatic rings. The van der Waals surface area contributed by atoms with Crippen LogP contribution >= 0.6 is 0 Å². The van der Waals surface area contributed by atoms with Crippen LogP contribution in [0.5, 0.6) is 0 Å². The Hall–Kier alpha value is -3.23. The quantitative estimate of drug-likeness (QED) is 0.711. The van der Waals surface area contributed by atoms with E-state index in [1.807, 2.05) is 0 Å². The lowest BCUT2D eigenvalue weighted by atomic mass is 10.1. The maximum absolute atomic E-state index is 13.1. The second-order valence-electron chi connectivity index (χ2n) is 5.84.